The van der Waals surface area contributed by atoms with Crippen LogP contribution in [0.25, 0.3) is 0 Å². The molecule has 20 heavy (non-hydrogen) atoms. The average Bonchev–Trinajstić information content (AvgIpc) is 2.43. The summed E-state index contributed by atoms with van der Waals surface area (Å²) in [4.78, 5) is 18.6. The first-order chi connectivity index (χ1) is 9.61. The highest BCUT2D eigenvalue weighted by molar-refractivity contribution is 5.52. The van der Waals surface area contributed by atoms with Gasteiger partial charge in [-0.15, -0.1) is 0 Å². The topological polar surface area (TPSA) is 90.2 Å². The molecule has 0 unspecified atom stereocenters. The van der Waals surface area contributed by atoms with Crippen molar-refractivity contribution in [2.24, 2.45) is 0 Å². The van der Waals surface area contributed by atoms with Gasteiger partial charge >= 0.3 is 11.7 Å². The first kappa shape index (κ1) is 13.9. The Kier molecular flexibility index (Phi) is 4.21. The van der Waals surface area contributed by atoms with E-state index in [0.29, 0.717) is 12.1 Å². The van der Waals surface area contributed by atoms with Gasteiger partial charge in [-0.1, -0.05) is 12.1 Å². The summed E-state index contributed by atoms with van der Waals surface area (Å²) in [6.45, 7) is 2.38. The van der Waals surface area contributed by atoms with E-state index >= 15 is 0 Å². The Morgan fingerprint density at radius 2 is 2.05 bits per heavy atom. The van der Waals surface area contributed by atoms with Crippen LogP contribution >= 0.6 is 0 Å². The lowest BCUT2D eigenvalue weighted by Crippen LogP contribution is -2.06. The Hall–Kier alpha value is -2.54. The fourth-order valence-corrected chi connectivity index (χ4v) is 1.70. The third-order valence-corrected chi connectivity index (χ3v) is 2.64. The summed E-state index contributed by atoms with van der Waals surface area (Å²) in [7, 11) is 1.82. The third kappa shape index (κ3) is 3.07. The van der Waals surface area contributed by atoms with E-state index in [1.807, 2.05) is 7.05 Å². The van der Waals surface area contributed by atoms with Crippen LogP contribution in [0.5, 0.6) is 11.8 Å². The molecular weight excluding hydrogens is 260 g/mol. The Morgan fingerprint density at radius 3 is 2.65 bits per heavy atom. The number of aryl methyl sites for hydroxylation is 1. The maximum absolute atomic E-state index is 11.0. The van der Waals surface area contributed by atoms with E-state index in [1.165, 1.54) is 6.07 Å². The highest BCUT2D eigenvalue weighted by Crippen LogP contribution is 2.32. The second-order valence-electron chi connectivity index (χ2n) is 4.19. The molecule has 1 heterocycles. The molecule has 0 saturated heterocycles. The monoisotopic (exact) mass is 274 g/mol. The quantitative estimate of drug-likeness (QED) is 0.664. The number of hydrogen-bond donors (Lipinski definition) is 1. The van der Waals surface area contributed by atoms with Crippen LogP contribution in [0, 0.1) is 17.0 Å². The fourth-order valence-electron chi connectivity index (χ4n) is 1.70. The molecular formula is C13H14N4O3. The maximum atomic E-state index is 11.0. The van der Waals surface area contributed by atoms with E-state index < -0.39 is 4.92 Å². The molecule has 2 aromatic rings. The van der Waals surface area contributed by atoms with Crippen molar-refractivity contribution in [2.75, 3.05) is 7.05 Å². The van der Waals surface area contributed by atoms with Crippen LogP contribution in [0.4, 0.5) is 5.69 Å². The normalized spacial score (nSPS) is 10.3. The predicted octanol–water partition coefficient (Wildman–Crippen LogP) is 2.20. The minimum absolute atomic E-state index is 0.0854. The molecule has 0 saturated carbocycles. The summed E-state index contributed by atoms with van der Waals surface area (Å²) >= 11 is 0. The number of aromatic nitrogens is 2. The summed E-state index contributed by atoms with van der Waals surface area (Å²) in [5.74, 6) is 0.166. The molecule has 0 fully saturated rings. The van der Waals surface area contributed by atoms with E-state index in [2.05, 4.69) is 15.3 Å². The van der Waals surface area contributed by atoms with Gasteiger partial charge in [-0.2, -0.15) is 0 Å². The van der Waals surface area contributed by atoms with Gasteiger partial charge in [0.25, 0.3) is 0 Å². The lowest BCUT2D eigenvalue weighted by atomic mass is 10.2. The maximum Gasteiger partial charge on any atom is 0.322 e. The van der Waals surface area contributed by atoms with Crippen molar-refractivity contribution in [3.8, 4) is 11.8 Å². The first-order valence-electron chi connectivity index (χ1n) is 5.99. The number of hydrogen-bond acceptors (Lipinski definition) is 6. The van der Waals surface area contributed by atoms with Crippen LogP contribution in [0.3, 0.4) is 0 Å². The van der Waals surface area contributed by atoms with E-state index in [4.69, 9.17) is 4.74 Å². The van der Waals surface area contributed by atoms with E-state index in [1.54, 1.807) is 31.5 Å². The smallest absolute Gasteiger partial charge is 0.322 e. The van der Waals surface area contributed by atoms with Gasteiger partial charge in [-0.25, -0.2) is 9.97 Å². The van der Waals surface area contributed by atoms with Gasteiger partial charge in [0.2, 0.25) is 5.75 Å². The largest absolute Gasteiger partial charge is 0.417 e. The molecule has 0 atom stereocenters. The molecule has 1 aromatic heterocycles. The zero-order valence-corrected chi connectivity index (χ0v) is 11.2. The van der Waals surface area contributed by atoms with E-state index in [0.717, 1.165) is 5.56 Å². The molecule has 0 aliphatic heterocycles. The molecule has 2 rings (SSSR count). The minimum Gasteiger partial charge on any atom is -0.417 e. The Labute approximate surface area is 115 Å². The molecule has 0 amide bonds. The third-order valence-electron chi connectivity index (χ3n) is 2.64. The molecule has 7 heteroatoms. The minimum atomic E-state index is -0.488. The second kappa shape index (κ2) is 6.07. The number of nitrogens with one attached hydrogen (secondary N) is 1. The number of rotatable bonds is 5. The van der Waals surface area contributed by atoms with Crippen LogP contribution in [0.15, 0.2) is 30.6 Å². The molecule has 0 spiro atoms. The molecule has 1 N–H and O–H groups in total. The number of nitro groups is 1. The number of para-hydroxylation sites is 1. The highest BCUT2D eigenvalue weighted by Gasteiger charge is 2.18. The molecule has 0 aliphatic carbocycles. The SMILES string of the molecule is CNCc1cnc(Oc2c(C)cccc2[N+](=O)[O-])nc1. The zero-order valence-electron chi connectivity index (χ0n) is 11.2. The van der Waals surface area contributed by atoms with Crippen molar-refractivity contribution in [1.82, 2.24) is 15.3 Å². The number of ether oxygens (including phenoxy) is 1. The van der Waals surface area contributed by atoms with Gasteiger partial charge in [0.15, 0.2) is 0 Å². The van der Waals surface area contributed by atoms with E-state index in [-0.39, 0.29) is 17.4 Å². The van der Waals surface area contributed by atoms with Crippen molar-refractivity contribution in [3.05, 3.63) is 51.8 Å². The fraction of sp³-hybridized carbons (Fsp3) is 0.231. The van der Waals surface area contributed by atoms with Gasteiger partial charge in [0, 0.05) is 30.6 Å². The Balaban J connectivity index is 2.27. The average molecular weight is 274 g/mol. The molecule has 7 nitrogen and oxygen atoms in total. The Morgan fingerprint density at radius 1 is 1.35 bits per heavy atom. The van der Waals surface area contributed by atoms with Crippen LogP contribution < -0.4 is 10.1 Å². The summed E-state index contributed by atoms with van der Waals surface area (Å²) in [6.07, 6.45) is 3.23. The van der Waals surface area contributed by atoms with Crippen LogP contribution in [-0.4, -0.2) is 21.9 Å². The lowest BCUT2D eigenvalue weighted by molar-refractivity contribution is -0.385. The molecule has 104 valence electrons. The number of benzene rings is 1. The lowest BCUT2D eigenvalue weighted by Gasteiger charge is -2.07. The van der Waals surface area contributed by atoms with E-state index in [9.17, 15) is 10.1 Å². The molecule has 0 aliphatic rings. The van der Waals surface area contributed by atoms with Gasteiger partial charge in [-0.3, -0.25) is 10.1 Å². The predicted molar refractivity (Wildman–Crippen MR) is 72.7 cm³/mol. The van der Waals surface area contributed by atoms with Gasteiger partial charge < -0.3 is 10.1 Å². The summed E-state index contributed by atoms with van der Waals surface area (Å²) in [6, 6.07) is 4.81. The molecule has 1 aromatic carbocycles. The standard InChI is InChI=1S/C13H14N4O3/c1-9-4-3-5-11(17(18)19)12(9)20-13-15-7-10(6-14-2)8-16-13/h3-5,7-8,14H,6H2,1-2H3. The highest BCUT2D eigenvalue weighted by atomic mass is 16.6. The van der Waals surface area contributed by atoms with Crippen molar-refractivity contribution in [2.45, 2.75) is 13.5 Å². The summed E-state index contributed by atoms with van der Waals surface area (Å²) in [5, 5.41) is 14.0. The Bertz CT molecular complexity index is 614. The number of nitrogens with zero attached hydrogens (tertiary/aromatic N) is 3. The van der Waals surface area contributed by atoms with Crippen molar-refractivity contribution >= 4 is 5.69 Å². The van der Waals surface area contributed by atoms with Crippen molar-refractivity contribution < 1.29 is 9.66 Å². The number of nitro benzene ring substituents is 1. The molecule has 0 bridgehead atoms. The first-order valence-corrected chi connectivity index (χ1v) is 5.99. The molecule has 0 radical (unpaired) electrons. The van der Waals surface area contributed by atoms with Crippen molar-refractivity contribution in [1.29, 1.82) is 0 Å². The van der Waals surface area contributed by atoms with Gasteiger partial charge in [-0.05, 0) is 19.5 Å². The van der Waals surface area contributed by atoms with Crippen LogP contribution in [0.2, 0.25) is 0 Å². The van der Waals surface area contributed by atoms with Crippen LogP contribution in [-0.2, 0) is 6.54 Å². The van der Waals surface area contributed by atoms with Gasteiger partial charge in [0.05, 0.1) is 4.92 Å². The van der Waals surface area contributed by atoms with Crippen molar-refractivity contribution in [3.63, 3.8) is 0 Å². The second-order valence-corrected chi connectivity index (χ2v) is 4.19. The van der Waals surface area contributed by atoms with Gasteiger partial charge in [0.1, 0.15) is 0 Å². The zero-order chi connectivity index (χ0) is 14.5. The summed E-state index contributed by atoms with van der Waals surface area (Å²) in [5.41, 5.74) is 1.45. The summed E-state index contributed by atoms with van der Waals surface area (Å²) < 4.78 is 5.45. The van der Waals surface area contributed by atoms with Crippen LogP contribution in [0.1, 0.15) is 11.1 Å².